The van der Waals surface area contributed by atoms with Crippen molar-refractivity contribution in [2.24, 2.45) is 0 Å². The Morgan fingerprint density at radius 1 is 1.33 bits per heavy atom. The molecule has 2 heterocycles. The first-order valence-corrected chi connectivity index (χ1v) is 7.57. The van der Waals surface area contributed by atoms with Crippen molar-refractivity contribution in [2.75, 3.05) is 5.32 Å². The molecule has 0 radical (unpaired) electrons. The molecule has 0 saturated heterocycles. The molecule has 8 heteroatoms. The van der Waals surface area contributed by atoms with Gasteiger partial charge in [0.2, 0.25) is 0 Å². The Morgan fingerprint density at radius 3 is 2.90 bits per heavy atom. The zero-order valence-electron chi connectivity index (χ0n) is 10.8. The van der Waals surface area contributed by atoms with Crippen molar-refractivity contribution in [1.82, 2.24) is 9.97 Å². The molecule has 0 amide bonds. The van der Waals surface area contributed by atoms with Crippen LogP contribution in [-0.4, -0.2) is 14.9 Å². The number of rotatable bonds is 3. The van der Waals surface area contributed by atoms with E-state index in [1.807, 2.05) is 13.0 Å². The number of hydrogen-bond donors (Lipinski definition) is 1. The van der Waals surface area contributed by atoms with Gasteiger partial charge < -0.3 is 5.32 Å². The SMILES string of the molecule is Cc1cc2c(Nc3cc([N+](=O)[O-])ccc3Br)ncnc2s1. The number of aromatic nitrogens is 2. The fourth-order valence-corrected chi connectivity index (χ4v) is 3.12. The minimum Gasteiger partial charge on any atom is -0.338 e. The van der Waals surface area contributed by atoms with E-state index in [4.69, 9.17) is 0 Å². The van der Waals surface area contributed by atoms with Crippen LogP contribution < -0.4 is 5.32 Å². The van der Waals surface area contributed by atoms with Gasteiger partial charge in [-0.05, 0) is 35.0 Å². The molecule has 0 saturated carbocycles. The average Bonchev–Trinajstić information content (AvgIpc) is 2.82. The van der Waals surface area contributed by atoms with E-state index in [1.165, 1.54) is 18.5 Å². The van der Waals surface area contributed by atoms with Crippen LogP contribution >= 0.6 is 27.3 Å². The summed E-state index contributed by atoms with van der Waals surface area (Å²) in [6.45, 7) is 2.00. The van der Waals surface area contributed by atoms with Gasteiger partial charge in [0.15, 0.2) is 0 Å². The first kappa shape index (κ1) is 13.9. The largest absolute Gasteiger partial charge is 0.338 e. The molecule has 6 nitrogen and oxygen atoms in total. The van der Waals surface area contributed by atoms with E-state index >= 15 is 0 Å². The van der Waals surface area contributed by atoms with Gasteiger partial charge in [-0.15, -0.1) is 11.3 Å². The molecule has 106 valence electrons. The monoisotopic (exact) mass is 364 g/mol. The third-order valence-electron chi connectivity index (χ3n) is 2.87. The summed E-state index contributed by atoms with van der Waals surface area (Å²) in [5.41, 5.74) is 0.612. The van der Waals surface area contributed by atoms with E-state index in [0.717, 1.165) is 19.6 Å². The third-order valence-corrected chi connectivity index (χ3v) is 4.52. The van der Waals surface area contributed by atoms with Crippen LogP contribution in [0.1, 0.15) is 4.88 Å². The van der Waals surface area contributed by atoms with Crippen molar-refractivity contribution < 1.29 is 4.92 Å². The minimum atomic E-state index is -0.429. The van der Waals surface area contributed by atoms with Crippen LogP contribution in [-0.2, 0) is 0 Å². The molecule has 0 atom stereocenters. The van der Waals surface area contributed by atoms with Crippen LogP contribution in [0.3, 0.4) is 0 Å². The highest BCUT2D eigenvalue weighted by Crippen LogP contribution is 2.33. The Balaban J connectivity index is 2.06. The van der Waals surface area contributed by atoms with Crippen molar-refractivity contribution in [3.8, 4) is 0 Å². The molecule has 1 N–H and O–H groups in total. The lowest BCUT2D eigenvalue weighted by atomic mass is 10.2. The van der Waals surface area contributed by atoms with Crippen molar-refractivity contribution in [1.29, 1.82) is 0 Å². The Kier molecular flexibility index (Phi) is 3.56. The van der Waals surface area contributed by atoms with Crippen molar-refractivity contribution in [3.05, 3.63) is 50.1 Å². The summed E-state index contributed by atoms with van der Waals surface area (Å²) in [7, 11) is 0. The number of nitro groups is 1. The van der Waals surface area contributed by atoms with Crippen molar-refractivity contribution >= 4 is 54.7 Å². The quantitative estimate of drug-likeness (QED) is 0.549. The average molecular weight is 365 g/mol. The Hall–Kier alpha value is -2.06. The fraction of sp³-hybridized carbons (Fsp3) is 0.0769. The predicted molar refractivity (Wildman–Crippen MR) is 86.2 cm³/mol. The Morgan fingerprint density at radius 2 is 2.14 bits per heavy atom. The zero-order chi connectivity index (χ0) is 15.0. The molecule has 0 bridgehead atoms. The first-order valence-electron chi connectivity index (χ1n) is 5.96. The zero-order valence-corrected chi connectivity index (χ0v) is 13.2. The molecular weight excluding hydrogens is 356 g/mol. The van der Waals surface area contributed by atoms with E-state index in [0.29, 0.717) is 11.5 Å². The van der Waals surface area contributed by atoms with Gasteiger partial charge in [0, 0.05) is 21.5 Å². The van der Waals surface area contributed by atoms with Crippen LogP contribution in [0.4, 0.5) is 17.2 Å². The van der Waals surface area contributed by atoms with Crippen molar-refractivity contribution in [3.63, 3.8) is 0 Å². The summed E-state index contributed by atoms with van der Waals surface area (Å²) in [6.07, 6.45) is 1.48. The number of anilines is 2. The molecule has 0 spiro atoms. The minimum absolute atomic E-state index is 0.0208. The third kappa shape index (κ3) is 2.72. The summed E-state index contributed by atoms with van der Waals surface area (Å²) in [4.78, 5) is 20.9. The lowest BCUT2D eigenvalue weighted by Crippen LogP contribution is -1.97. The number of benzene rings is 1. The number of aryl methyl sites for hydroxylation is 1. The molecule has 0 aliphatic rings. The second-order valence-electron chi connectivity index (χ2n) is 4.34. The predicted octanol–water partition coefficient (Wildman–Crippen LogP) is 4.41. The summed E-state index contributed by atoms with van der Waals surface area (Å²) >= 11 is 4.96. The fourth-order valence-electron chi connectivity index (χ4n) is 1.93. The highest BCUT2D eigenvalue weighted by atomic mass is 79.9. The molecule has 21 heavy (non-hydrogen) atoms. The number of halogens is 1. The van der Waals surface area contributed by atoms with Crippen molar-refractivity contribution in [2.45, 2.75) is 6.92 Å². The lowest BCUT2D eigenvalue weighted by molar-refractivity contribution is -0.384. The normalized spacial score (nSPS) is 10.8. The van der Waals surface area contributed by atoms with Crippen LogP contribution in [0.15, 0.2) is 35.1 Å². The van der Waals surface area contributed by atoms with E-state index in [1.54, 1.807) is 17.4 Å². The highest BCUT2D eigenvalue weighted by Gasteiger charge is 2.12. The Bertz CT molecular complexity index is 849. The molecule has 2 aromatic heterocycles. The maximum Gasteiger partial charge on any atom is 0.271 e. The number of non-ortho nitro benzene ring substituents is 1. The van der Waals surface area contributed by atoms with Gasteiger partial charge in [-0.2, -0.15) is 0 Å². The molecule has 3 aromatic rings. The van der Waals surface area contributed by atoms with Gasteiger partial charge in [0.25, 0.3) is 5.69 Å². The number of nitrogens with zero attached hydrogens (tertiary/aromatic N) is 3. The molecule has 0 fully saturated rings. The molecule has 0 aliphatic heterocycles. The van der Waals surface area contributed by atoms with Gasteiger partial charge in [-0.1, -0.05) is 0 Å². The molecule has 3 rings (SSSR count). The summed E-state index contributed by atoms with van der Waals surface area (Å²) in [6, 6.07) is 6.54. The maximum absolute atomic E-state index is 10.9. The number of hydrogen-bond acceptors (Lipinski definition) is 6. The maximum atomic E-state index is 10.9. The lowest BCUT2D eigenvalue weighted by Gasteiger charge is -2.08. The first-order chi connectivity index (χ1) is 10.0. The van der Waals surface area contributed by atoms with E-state index in [2.05, 4.69) is 31.2 Å². The van der Waals surface area contributed by atoms with Gasteiger partial charge in [-0.3, -0.25) is 10.1 Å². The number of thiophene rings is 1. The standard InChI is InChI=1S/C13H9BrN4O2S/c1-7-4-9-12(15-6-16-13(9)21-7)17-11-5-8(18(19)20)2-3-10(11)14/h2-6H,1H3,(H,15,16,17). The molecule has 0 aliphatic carbocycles. The topological polar surface area (TPSA) is 81.0 Å². The smallest absolute Gasteiger partial charge is 0.271 e. The molecular formula is C13H9BrN4O2S. The Labute approximate surface area is 132 Å². The van der Waals surface area contributed by atoms with Gasteiger partial charge in [0.1, 0.15) is 17.0 Å². The summed E-state index contributed by atoms with van der Waals surface area (Å²) in [5, 5.41) is 14.9. The number of nitro benzene ring substituents is 1. The number of fused-ring (bicyclic) bond motifs is 1. The van der Waals surface area contributed by atoms with Crippen LogP contribution in [0.2, 0.25) is 0 Å². The molecule has 1 aromatic carbocycles. The number of nitrogens with one attached hydrogen (secondary N) is 1. The van der Waals surface area contributed by atoms with E-state index < -0.39 is 4.92 Å². The molecule has 0 unspecified atom stereocenters. The van der Waals surface area contributed by atoms with E-state index in [-0.39, 0.29) is 5.69 Å². The second-order valence-corrected chi connectivity index (χ2v) is 6.43. The summed E-state index contributed by atoms with van der Waals surface area (Å²) < 4.78 is 0.729. The van der Waals surface area contributed by atoms with Crippen LogP contribution in [0, 0.1) is 17.0 Å². The second kappa shape index (κ2) is 5.38. The van der Waals surface area contributed by atoms with Gasteiger partial charge in [-0.25, -0.2) is 9.97 Å². The van der Waals surface area contributed by atoms with Gasteiger partial charge >= 0.3 is 0 Å². The van der Waals surface area contributed by atoms with E-state index in [9.17, 15) is 10.1 Å². The van der Waals surface area contributed by atoms with Crippen LogP contribution in [0.25, 0.3) is 10.2 Å². The summed E-state index contributed by atoms with van der Waals surface area (Å²) in [5.74, 6) is 0.630. The van der Waals surface area contributed by atoms with Gasteiger partial charge in [0.05, 0.1) is 16.0 Å². The highest BCUT2D eigenvalue weighted by molar-refractivity contribution is 9.10. The van der Waals surface area contributed by atoms with Crippen LogP contribution in [0.5, 0.6) is 0 Å².